The Labute approximate surface area is 122 Å². The van der Waals surface area contributed by atoms with Crippen LogP contribution in [0, 0.1) is 0 Å². The van der Waals surface area contributed by atoms with Crippen molar-refractivity contribution in [2.75, 3.05) is 0 Å². The van der Waals surface area contributed by atoms with Crippen molar-refractivity contribution in [3.63, 3.8) is 0 Å². The van der Waals surface area contributed by atoms with Crippen LogP contribution in [0.1, 0.15) is 5.56 Å². The molecule has 0 saturated heterocycles. The van der Waals surface area contributed by atoms with Gasteiger partial charge in [-0.2, -0.15) is 0 Å². The molecule has 0 bridgehead atoms. The van der Waals surface area contributed by atoms with Crippen molar-refractivity contribution in [2.24, 2.45) is 4.99 Å². The van der Waals surface area contributed by atoms with E-state index in [1.54, 1.807) is 36.4 Å². The summed E-state index contributed by atoms with van der Waals surface area (Å²) in [6.45, 7) is 0. The van der Waals surface area contributed by atoms with Crippen LogP contribution in [0.3, 0.4) is 0 Å². The summed E-state index contributed by atoms with van der Waals surface area (Å²) in [4.78, 5) is 16.5. The summed E-state index contributed by atoms with van der Waals surface area (Å²) in [6, 6.07) is 16.1. The number of nitrogens with zero attached hydrogens (tertiary/aromatic N) is 1. The number of carbonyl (C=O) groups is 1. The third kappa shape index (κ3) is 2.98. The maximum Gasteiger partial charge on any atom is 0.186 e. The average Bonchev–Trinajstić information content (AvgIpc) is 2.52. The molecule has 0 aromatic heterocycles. The van der Waals surface area contributed by atoms with Gasteiger partial charge in [-0.1, -0.05) is 30.3 Å². The highest BCUT2D eigenvalue weighted by molar-refractivity contribution is 6.34. The van der Waals surface area contributed by atoms with Crippen LogP contribution in [0.25, 0.3) is 5.57 Å². The molecule has 1 aliphatic rings. The van der Waals surface area contributed by atoms with E-state index >= 15 is 0 Å². The number of aliphatic imine (C=N–C) groups is 1. The first-order valence-electron chi connectivity index (χ1n) is 6.60. The standard InChI is InChI=1S/C18H13NO2/c20-16-9-6-14(7-10-16)19-15-8-11-18(21)17(12-15)13-4-2-1-3-5-13/h1-12,20H. The second-order valence-corrected chi connectivity index (χ2v) is 4.67. The van der Waals surface area contributed by atoms with E-state index in [1.807, 2.05) is 30.3 Å². The number of allylic oxidation sites excluding steroid dienone is 4. The molecular formula is C18H13NO2. The Kier molecular flexibility index (Phi) is 3.48. The maximum absolute atomic E-state index is 12.0. The largest absolute Gasteiger partial charge is 0.508 e. The van der Waals surface area contributed by atoms with Crippen LogP contribution in [-0.2, 0) is 4.79 Å². The van der Waals surface area contributed by atoms with E-state index in [0.29, 0.717) is 11.3 Å². The van der Waals surface area contributed by atoms with Crippen LogP contribution in [-0.4, -0.2) is 16.6 Å². The first-order valence-corrected chi connectivity index (χ1v) is 6.60. The van der Waals surface area contributed by atoms with E-state index in [2.05, 4.69) is 4.99 Å². The van der Waals surface area contributed by atoms with E-state index in [-0.39, 0.29) is 11.5 Å². The molecule has 0 unspecified atom stereocenters. The molecule has 1 aliphatic carbocycles. The van der Waals surface area contributed by atoms with Gasteiger partial charge in [0.05, 0.1) is 11.4 Å². The Morgan fingerprint density at radius 3 is 2.29 bits per heavy atom. The molecule has 0 fully saturated rings. The molecule has 0 amide bonds. The van der Waals surface area contributed by atoms with Gasteiger partial charge in [0.2, 0.25) is 0 Å². The molecule has 2 aromatic carbocycles. The Bertz CT molecular complexity index is 754. The van der Waals surface area contributed by atoms with Gasteiger partial charge in [0.1, 0.15) is 5.75 Å². The van der Waals surface area contributed by atoms with Crippen molar-refractivity contribution in [3.8, 4) is 5.75 Å². The first kappa shape index (κ1) is 13.1. The van der Waals surface area contributed by atoms with Crippen molar-refractivity contribution in [3.05, 3.63) is 78.4 Å². The summed E-state index contributed by atoms with van der Waals surface area (Å²) in [6.07, 6.45) is 5.01. The van der Waals surface area contributed by atoms with Gasteiger partial charge in [0.25, 0.3) is 0 Å². The van der Waals surface area contributed by atoms with Crippen molar-refractivity contribution in [1.29, 1.82) is 0 Å². The molecule has 3 nitrogen and oxygen atoms in total. The zero-order chi connectivity index (χ0) is 14.7. The summed E-state index contributed by atoms with van der Waals surface area (Å²) in [5, 5.41) is 9.27. The molecule has 3 heteroatoms. The Balaban J connectivity index is 1.97. The van der Waals surface area contributed by atoms with Gasteiger partial charge in [0, 0.05) is 5.57 Å². The fourth-order valence-corrected chi connectivity index (χ4v) is 2.11. The van der Waals surface area contributed by atoms with Gasteiger partial charge < -0.3 is 5.11 Å². The Hall–Kier alpha value is -2.94. The minimum absolute atomic E-state index is 0.0224. The lowest BCUT2D eigenvalue weighted by molar-refractivity contribution is -0.109. The summed E-state index contributed by atoms with van der Waals surface area (Å²) in [5.41, 5.74) is 2.95. The summed E-state index contributed by atoms with van der Waals surface area (Å²) >= 11 is 0. The third-order valence-corrected chi connectivity index (χ3v) is 3.16. The second kappa shape index (κ2) is 5.59. The lowest BCUT2D eigenvalue weighted by Crippen LogP contribution is -2.06. The molecule has 1 N–H and O–H groups in total. The Morgan fingerprint density at radius 1 is 0.857 bits per heavy atom. The number of phenols is 1. The third-order valence-electron chi connectivity index (χ3n) is 3.16. The van der Waals surface area contributed by atoms with Crippen molar-refractivity contribution >= 4 is 22.8 Å². The van der Waals surface area contributed by atoms with Crippen molar-refractivity contribution < 1.29 is 9.90 Å². The van der Waals surface area contributed by atoms with Gasteiger partial charge in [0.15, 0.2) is 5.78 Å². The van der Waals surface area contributed by atoms with E-state index in [4.69, 9.17) is 0 Å². The minimum atomic E-state index is -0.0224. The molecule has 2 aromatic rings. The van der Waals surface area contributed by atoms with Crippen molar-refractivity contribution in [2.45, 2.75) is 0 Å². The van der Waals surface area contributed by atoms with E-state index in [0.717, 1.165) is 11.3 Å². The van der Waals surface area contributed by atoms with Gasteiger partial charge >= 0.3 is 0 Å². The molecule has 0 radical (unpaired) electrons. The number of hydrogen-bond acceptors (Lipinski definition) is 3. The molecule has 0 aliphatic heterocycles. The lowest BCUT2D eigenvalue weighted by Gasteiger charge is -2.09. The number of benzene rings is 2. The quantitative estimate of drug-likeness (QED) is 0.850. The normalized spacial score (nSPS) is 16.1. The van der Waals surface area contributed by atoms with Crippen LogP contribution in [0.15, 0.2) is 77.8 Å². The maximum atomic E-state index is 12.0. The monoisotopic (exact) mass is 275 g/mol. The van der Waals surface area contributed by atoms with Crippen molar-refractivity contribution in [1.82, 2.24) is 0 Å². The topological polar surface area (TPSA) is 49.7 Å². The molecule has 3 rings (SSSR count). The molecule has 0 heterocycles. The van der Waals surface area contributed by atoms with Gasteiger partial charge in [-0.3, -0.25) is 4.79 Å². The van der Waals surface area contributed by atoms with Crippen LogP contribution >= 0.6 is 0 Å². The van der Waals surface area contributed by atoms with E-state index in [1.165, 1.54) is 6.08 Å². The highest BCUT2D eigenvalue weighted by Gasteiger charge is 2.13. The summed E-state index contributed by atoms with van der Waals surface area (Å²) in [7, 11) is 0. The smallest absolute Gasteiger partial charge is 0.186 e. The van der Waals surface area contributed by atoms with E-state index < -0.39 is 0 Å². The van der Waals surface area contributed by atoms with Crippen LogP contribution in [0.5, 0.6) is 5.75 Å². The SMILES string of the molecule is O=C1C=CC(=Nc2ccc(O)cc2)C=C1c1ccccc1. The zero-order valence-electron chi connectivity index (χ0n) is 11.2. The molecule has 102 valence electrons. The summed E-state index contributed by atoms with van der Waals surface area (Å²) in [5.74, 6) is 0.180. The number of hydrogen-bond donors (Lipinski definition) is 1. The molecule has 21 heavy (non-hydrogen) atoms. The van der Waals surface area contributed by atoms with Crippen LogP contribution < -0.4 is 0 Å². The lowest BCUT2D eigenvalue weighted by atomic mass is 9.96. The second-order valence-electron chi connectivity index (χ2n) is 4.67. The summed E-state index contributed by atoms with van der Waals surface area (Å²) < 4.78 is 0. The number of carbonyl (C=O) groups excluding carboxylic acids is 1. The van der Waals surface area contributed by atoms with Gasteiger partial charge in [-0.05, 0) is 48.1 Å². The highest BCUT2D eigenvalue weighted by Crippen LogP contribution is 2.22. The van der Waals surface area contributed by atoms with E-state index in [9.17, 15) is 9.90 Å². The molecule has 0 spiro atoms. The number of aromatic hydroxyl groups is 1. The molecule has 0 saturated carbocycles. The highest BCUT2D eigenvalue weighted by atomic mass is 16.3. The molecular weight excluding hydrogens is 262 g/mol. The average molecular weight is 275 g/mol. The fourth-order valence-electron chi connectivity index (χ4n) is 2.11. The van der Waals surface area contributed by atoms with Gasteiger partial charge in [-0.15, -0.1) is 0 Å². The Morgan fingerprint density at radius 2 is 1.57 bits per heavy atom. The van der Waals surface area contributed by atoms with Crippen LogP contribution in [0.4, 0.5) is 5.69 Å². The van der Waals surface area contributed by atoms with Crippen LogP contribution in [0.2, 0.25) is 0 Å². The number of rotatable bonds is 2. The fraction of sp³-hybridized carbons (Fsp3) is 0. The zero-order valence-corrected chi connectivity index (χ0v) is 11.2. The molecule has 0 atom stereocenters. The number of ketones is 1. The predicted octanol–water partition coefficient (Wildman–Crippen LogP) is 3.69. The first-order chi connectivity index (χ1) is 10.2. The minimum Gasteiger partial charge on any atom is -0.508 e. The predicted molar refractivity (Wildman–Crippen MR) is 83.8 cm³/mol. The van der Waals surface area contributed by atoms with Gasteiger partial charge in [-0.25, -0.2) is 4.99 Å². The number of phenolic OH excluding ortho intramolecular Hbond substituents is 1.